The van der Waals surface area contributed by atoms with E-state index >= 15 is 0 Å². The predicted molar refractivity (Wildman–Crippen MR) is 81.3 cm³/mol. The molecule has 0 radical (unpaired) electrons. The van der Waals surface area contributed by atoms with Gasteiger partial charge in [0.2, 0.25) is 0 Å². The van der Waals surface area contributed by atoms with Gasteiger partial charge < -0.3 is 4.74 Å². The van der Waals surface area contributed by atoms with E-state index in [2.05, 4.69) is 6.92 Å². The van der Waals surface area contributed by atoms with E-state index < -0.39 is 0 Å². The standard InChI is InChI=1S/C18H20O2/c1-2-3-7-13-20-17-12-8-11-16(14-17)18(19)15-9-5-4-6-10-15/h4-6,8-12,14H,2-3,7,13H2,1H3. The lowest BCUT2D eigenvalue weighted by atomic mass is 10.0. The van der Waals surface area contributed by atoms with Crippen molar-refractivity contribution in [1.29, 1.82) is 0 Å². The summed E-state index contributed by atoms with van der Waals surface area (Å²) in [5.74, 6) is 0.799. The lowest BCUT2D eigenvalue weighted by molar-refractivity contribution is 0.103. The van der Waals surface area contributed by atoms with Crippen LogP contribution in [0.25, 0.3) is 0 Å². The monoisotopic (exact) mass is 268 g/mol. The summed E-state index contributed by atoms with van der Waals surface area (Å²) in [6, 6.07) is 16.7. The number of hydrogen-bond acceptors (Lipinski definition) is 2. The summed E-state index contributed by atoms with van der Waals surface area (Å²) in [5, 5.41) is 0. The Balaban J connectivity index is 2.04. The van der Waals surface area contributed by atoms with Gasteiger partial charge >= 0.3 is 0 Å². The third kappa shape index (κ3) is 3.95. The van der Waals surface area contributed by atoms with E-state index in [-0.39, 0.29) is 5.78 Å². The highest BCUT2D eigenvalue weighted by atomic mass is 16.5. The fourth-order valence-corrected chi connectivity index (χ4v) is 2.03. The minimum absolute atomic E-state index is 0.0320. The average Bonchev–Trinajstić information content (AvgIpc) is 2.52. The Kier molecular flexibility index (Phi) is 5.36. The van der Waals surface area contributed by atoms with Gasteiger partial charge in [0.05, 0.1) is 6.61 Å². The van der Waals surface area contributed by atoms with Crippen LogP contribution in [0.2, 0.25) is 0 Å². The van der Waals surface area contributed by atoms with Gasteiger partial charge in [-0.1, -0.05) is 62.2 Å². The molecule has 0 spiro atoms. The summed E-state index contributed by atoms with van der Waals surface area (Å²) in [6.07, 6.45) is 3.39. The number of hydrogen-bond donors (Lipinski definition) is 0. The molecule has 0 fully saturated rings. The minimum atomic E-state index is 0.0320. The van der Waals surface area contributed by atoms with Crippen LogP contribution < -0.4 is 4.74 Å². The van der Waals surface area contributed by atoms with E-state index in [1.165, 1.54) is 12.8 Å². The number of unbranched alkanes of at least 4 members (excludes halogenated alkanes) is 2. The van der Waals surface area contributed by atoms with Crippen LogP contribution in [0, 0.1) is 0 Å². The fourth-order valence-electron chi connectivity index (χ4n) is 2.03. The molecule has 2 aromatic carbocycles. The molecule has 104 valence electrons. The van der Waals surface area contributed by atoms with Gasteiger partial charge in [-0.15, -0.1) is 0 Å². The smallest absolute Gasteiger partial charge is 0.193 e. The van der Waals surface area contributed by atoms with E-state index in [0.29, 0.717) is 17.7 Å². The molecule has 2 nitrogen and oxygen atoms in total. The first kappa shape index (κ1) is 14.3. The van der Waals surface area contributed by atoms with Crippen molar-refractivity contribution in [3.8, 4) is 5.75 Å². The molecular weight excluding hydrogens is 248 g/mol. The third-order valence-electron chi connectivity index (χ3n) is 3.15. The molecule has 0 atom stereocenters. The topological polar surface area (TPSA) is 26.3 Å². The maximum atomic E-state index is 12.3. The molecule has 0 aliphatic carbocycles. The molecule has 20 heavy (non-hydrogen) atoms. The quantitative estimate of drug-likeness (QED) is 0.546. The minimum Gasteiger partial charge on any atom is -0.494 e. The van der Waals surface area contributed by atoms with E-state index in [1.807, 2.05) is 54.6 Å². The van der Waals surface area contributed by atoms with Crippen LogP contribution in [0.1, 0.15) is 42.1 Å². The van der Waals surface area contributed by atoms with Crippen molar-refractivity contribution in [2.24, 2.45) is 0 Å². The van der Waals surface area contributed by atoms with Crippen molar-refractivity contribution in [2.75, 3.05) is 6.61 Å². The Morgan fingerprint density at radius 1 is 0.950 bits per heavy atom. The van der Waals surface area contributed by atoms with Gasteiger partial charge in [0.1, 0.15) is 5.75 Å². The van der Waals surface area contributed by atoms with Crippen LogP contribution in [0.3, 0.4) is 0 Å². The second kappa shape index (κ2) is 7.49. The molecule has 0 amide bonds. The summed E-state index contributed by atoms with van der Waals surface area (Å²) >= 11 is 0. The van der Waals surface area contributed by atoms with Crippen molar-refractivity contribution in [3.63, 3.8) is 0 Å². The molecule has 0 aliphatic rings. The highest BCUT2D eigenvalue weighted by Crippen LogP contribution is 2.17. The van der Waals surface area contributed by atoms with E-state index in [4.69, 9.17) is 4.74 Å². The largest absolute Gasteiger partial charge is 0.494 e. The zero-order chi connectivity index (χ0) is 14.2. The molecule has 2 rings (SSSR count). The number of carbonyl (C=O) groups excluding carboxylic acids is 1. The van der Waals surface area contributed by atoms with Crippen LogP contribution in [0.15, 0.2) is 54.6 Å². The molecule has 0 saturated heterocycles. The van der Waals surface area contributed by atoms with Gasteiger partial charge in [0.25, 0.3) is 0 Å². The van der Waals surface area contributed by atoms with E-state index in [1.54, 1.807) is 0 Å². The molecule has 0 N–H and O–H groups in total. The van der Waals surface area contributed by atoms with Crippen molar-refractivity contribution in [1.82, 2.24) is 0 Å². The number of ketones is 1. The van der Waals surface area contributed by atoms with E-state index in [0.717, 1.165) is 12.2 Å². The maximum Gasteiger partial charge on any atom is 0.193 e. The van der Waals surface area contributed by atoms with E-state index in [9.17, 15) is 4.79 Å². The fraction of sp³-hybridized carbons (Fsp3) is 0.278. The van der Waals surface area contributed by atoms with Crippen LogP contribution >= 0.6 is 0 Å². The van der Waals surface area contributed by atoms with Crippen LogP contribution in [-0.2, 0) is 0 Å². The molecule has 0 heterocycles. The predicted octanol–water partition coefficient (Wildman–Crippen LogP) is 4.49. The van der Waals surface area contributed by atoms with Crippen molar-refractivity contribution >= 4 is 5.78 Å². The Morgan fingerprint density at radius 2 is 1.70 bits per heavy atom. The van der Waals surface area contributed by atoms with Gasteiger partial charge in [0, 0.05) is 11.1 Å². The second-order valence-electron chi connectivity index (χ2n) is 4.78. The molecule has 2 heteroatoms. The molecular formula is C18H20O2. The van der Waals surface area contributed by atoms with Crippen molar-refractivity contribution in [3.05, 3.63) is 65.7 Å². The summed E-state index contributed by atoms with van der Waals surface area (Å²) in [7, 11) is 0. The van der Waals surface area contributed by atoms with Gasteiger partial charge in [0.15, 0.2) is 5.78 Å². The SMILES string of the molecule is CCCCCOc1cccc(C(=O)c2ccccc2)c1. The van der Waals surface area contributed by atoms with Gasteiger partial charge in [-0.2, -0.15) is 0 Å². The van der Waals surface area contributed by atoms with Gasteiger partial charge in [-0.3, -0.25) is 4.79 Å². The number of carbonyl (C=O) groups is 1. The summed E-state index contributed by atoms with van der Waals surface area (Å²) in [5.41, 5.74) is 1.37. The van der Waals surface area contributed by atoms with Crippen LogP contribution in [0.4, 0.5) is 0 Å². The molecule has 2 aromatic rings. The number of ether oxygens (including phenoxy) is 1. The average molecular weight is 268 g/mol. The lowest BCUT2D eigenvalue weighted by Gasteiger charge is -2.07. The first-order chi connectivity index (χ1) is 9.81. The zero-order valence-electron chi connectivity index (χ0n) is 11.8. The van der Waals surface area contributed by atoms with Crippen LogP contribution in [0.5, 0.6) is 5.75 Å². The highest BCUT2D eigenvalue weighted by Gasteiger charge is 2.09. The molecule has 0 bridgehead atoms. The summed E-state index contributed by atoms with van der Waals surface area (Å²) < 4.78 is 5.68. The molecule has 0 saturated carbocycles. The Hall–Kier alpha value is -2.09. The molecule has 0 aliphatic heterocycles. The summed E-state index contributed by atoms with van der Waals surface area (Å²) in [4.78, 5) is 12.3. The molecule has 0 unspecified atom stereocenters. The normalized spacial score (nSPS) is 10.2. The number of rotatable bonds is 7. The highest BCUT2D eigenvalue weighted by molar-refractivity contribution is 6.09. The number of benzene rings is 2. The third-order valence-corrected chi connectivity index (χ3v) is 3.15. The Bertz CT molecular complexity index is 546. The maximum absolute atomic E-state index is 12.3. The second-order valence-corrected chi connectivity index (χ2v) is 4.78. The van der Waals surface area contributed by atoms with Crippen LogP contribution in [-0.4, -0.2) is 12.4 Å². The van der Waals surface area contributed by atoms with Crippen molar-refractivity contribution < 1.29 is 9.53 Å². The van der Waals surface area contributed by atoms with Gasteiger partial charge in [-0.25, -0.2) is 0 Å². The zero-order valence-corrected chi connectivity index (χ0v) is 11.8. The Labute approximate surface area is 120 Å². The molecule has 0 aromatic heterocycles. The lowest BCUT2D eigenvalue weighted by Crippen LogP contribution is -2.02. The first-order valence-corrected chi connectivity index (χ1v) is 7.14. The Morgan fingerprint density at radius 3 is 2.45 bits per heavy atom. The summed E-state index contributed by atoms with van der Waals surface area (Å²) in [6.45, 7) is 2.87. The van der Waals surface area contributed by atoms with Crippen molar-refractivity contribution in [2.45, 2.75) is 26.2 Å². The first-order valence-electron chi connectivity index (χ1n) is 7.14. The van der Waals surface area contributed by atoms with Gasteiger partial charge in [-0.05, 0) is 18.6 Å².